The quantitative estimate of drug-likeness (QED) is 0.780. The molecule has 0 aliphatic carbocycles. The zero-order valence-corrected chi connectivity index (χ0v) is 10.7. The Labute approximate surface area is 106 Å². The highest BCUT2D eigenvalue weighted by molar-refractivity contribution is 6.17. The fraction of sp³-hybridized carbons (Fsp3) is 0.308. The summed E-state index contributed by atoms with van der Waals surface area (Å²) in [5.74, 6) is 1.29. The lowest BCUT2D eigenvalue weighted by Gasteiger charge is -2.09. The van der Waals surface area contributed by atoms with Crippen molar-refractivity contribution in [2.75, 3.05) is 0 Å². The largest absolute Gasteiger partial charge is 0.487 e. The van der Waals surface area contributed by atoms with Crippen LogP contribution >= 0.6 is 11.6 Å². The summed E-state index contributed by atoms with van der Waals surface area (Å²) in [6.07, 6.45) is 0. The van der Waals surface area contributed by atoms with E-state index < -0.39 is 0 Å². The van der Waals surface area contributed by atoms with E-state index in [2.05, 4.69) is 5.10 Å². The lowest BCUT2D eigenvalue weighted by atomic mass is 10.2. The summed E-state index contributed by atoms with van der Waals surface area (Å²) < 4.78 is 7.59. The molecule has 3 nitrogen and oxygen atoms in total. The standard InChI is InChI=1S/C13H15ClN2O/c1-10-7-12(16(2)15-10)9-17-13-6-4-3-5-11(13)8-14/h3-7H,8-9H2,1-2H3. The predicted molar refractivity (Wildman–Crippen MR) is 68.3 cm³/mol. The molecule has 0 bridgehead atoms. The Morgan fingerprint density at radius 3 is 2.76 bits per heavy atom. The summed E-state index contributed by atoms with van der Waals surface area (Å²) >= 11 is 5.85. The third-order valence-corrected chi connectivity index (χ3v) is 2.88. The van der Waals surface area contributed by atoms with E-state index >= 15 is 0 Å². The van der Waals surface area contributed by atoms with E-state index in [0.29, 0.717) is 12.5 Å². The van der Waals surface area contributed by atoms with Crippen LogP contribution in [0.5, 0.6) is 5.75 Å². The number of halogens is 1. The lowest BCUT2D eigenvalue weighted by molar-refractivity contribution is 0.292. The molecule has 0 aliphatic heterocycles. The Balaban J connectivity index is 2.09. The van der Waals surface area contributed by atoms with Gasteiger partial charge >= 0.3 is 0 Å². The van der Waals surface area contributed by atoms with Gasteiger partial charge in [0.1, 0.15) is 12.4 Å². The molecule has 90 valence electrons. The van der Waals surface area contributed by atoms with Crippen molar-refractivity contribution in [2.24, 2.45) is 7.05 Å². The molecule has 1 aromatic carbocycles. The Morgan fingerprint density at radius 1 is 1.35 bits per heavy atom. The van der Waals surface area contributed by atoms with Crippen LogP contribution in [0.25, 0.3) is 0 Å². The second kappa shape index (κ2) is 5.23. The molecule has 0 aliphatic rings. The van der Waals surface area contributed by atoms with Crippen LogP contribution < -0.4 is 4.74 Å². The molecule has 4 heteroatoms. The number of benzene rings is 1. The third kappa shape index (κ3) is 2.80. The maximum Gasteiger partial charge on any atom is 0.130 e. The minimum atomic E-state index is 0.459. The van der Waals surface area contributed by atoms with Crippen LogP contribution in [0.1, 0.15) is 17.0 Å². The average Bonchev–Trinajstić information content (AvgIpc) is 2.65. The van der Waals surface area contributed by atoms with Crippen molar-refractivity contribution in [3.8, 4) is 5.75 Å². The SMILES string of the molecule is Cc1cc(COc2ccccc2CCl)n(C)n1. The van der Waals surface area contributed by atoms with E-state index in [4.69, 9.17) is 16.3 Å². The van der Waals surface area contributed by atoms with Crippen molar-refractivity contribution in [3.63, 3.8) is 0 Å². The molecule has 0 unspecified atom stereocenters. The van der Waals surface area contributed by atoms with E-state index in [1.807, 2.05) is 49.0 Å². The topological polar surface area (TPSA) is 27.1 Å². The molecular formula is C13H15ClN2O. The van der Waals surface area contributed by atoms with Crippen LogP contribution in [0.3, 0.4) is 0 Å². The van der Waals surface area contributed by atoms with Crippen LogP contribution in [0.15, 0.2) is 30.3 Å². The predicted octanol–water partition coefficient (Wildman–Crippen LogP) is 3.05. The molecule has 1 aromatic heterocycles. The second-order valence-electron chi connectivity index (χ2n) is 3.93. The Morgan fingerprint density at radius 2 is 2.12 bits per heavy atom. The molecule has 0 N–H and O–H groups in total. The number of aryl methyl sites for hydroxylation is 2. The van der Waals surface area contributed by atoms with Gasteiger partial charge in [-0.05, 0) is 19.1 Å². The van der Waals surface area contributed by atoms with Crippen LogP contribution in [0.2, 0.25) is 0 Å². The van der Waals surface area contributed by atoms with Crippen molar-refractivity contribution >= 4 is 11.6 Å². The van der Waals surface area contributed by atoms with Crippen LogP contribution in [-0.4, -0.2) is 9.78 Å². The van der Waals surface area contributed by atoms with Gasteiger partial charge in [0.15, 0.2) is 0 Å². The van der Waals surface area contributed by atoms with E-state index in [-0.39, 0.29) is 0 Å². The second-order valence-corrected chi connectivity index (χ2v) is 4.20. The van der Waals surface area contributed by atoms with Crippen LogP contribution in [0.4, 0.5) is 0 Å². The number of alkyl halides is 1. The number of ether oxygens (including phenoxy) is 1. The smallest absolute Gasteiger partial charge is 0.130 e. The Kier molecular flexibility index (Phi) is 3.69. The molecule has 0 radical (unpaired) electrons. The van der Waals surface area contributed by atoms with Gasteiger partial charge in [0.05, 0.1) is 17.3 Å². The lowest BCUT2D eigenvalue weighted by Crippen LogP contribution is -2.03. The van der Waals surface area contributed by atoms with Gasteiger partial charge in [-0.3, -0.25) is 4.68 Å². The Hall–Kier alpha value is -1.48. The van der Waals surface area contributed by atoms with Crippen molar-refractivity contribution in [3.05, 3.63) is 47.3 Å². The summed E-state index contributed by atoms with van der Waals surface area (Å²) in [5.41, 5.74) is 3.05. The zero-order valence-electron chi connectivity index (χ0n) is 9.98. The van der Waals surface area contributed by atoms with Gasteiger partial charge in [-0.25, -0.2) is 0 Å². The summed E-state index contributed by atoms with van der Waals surface area (Å²) in [6.45, 7) is 2.47. The first-order valence-corrected chi connectivity index (χ1v) is 6.00. The molecule has 2 rings (SSSR count). The van der Waals surface area contributed by atoms with E-state index in [1.54, 1.807) is 0 Å². The van der Waals surface area contributed by atoms with E-state index in [9.17, 15) is 0 Å². The molecule has 0 amide bonds. The van der Waals surface area contributed by atoms with Gasteiger partial charge in [0.2, 0.25) is 0 Å². The van der Waals surface area contributed by atoms with E-state index in [1.165, 1.54) is 0 Å². The van der Waals surface area contributed by atoms with Gasteiger partial charge in [0, 0.05) is 12.6 Å². The van der Waals surface area contributed by atoms with Crippen LogP contribution in [0, 0.1) is 6.92 Å². The molecule has 2 aromatic rings. The molecule has 1 heterocycles. The first kappa shape index (κ1) is 12.0. The summed E-state index contributed by atoms with van der Waals surface area (Å²) in [4.78, 5) is 0. The van der Waals surface area contributed by atoms with Crippen LogP contribution in [-0.2, 0) is 19.5 Å². The summed E-state index contributed by atoms with van der Waals surface area (Å²) in [7, 11) is 1.92. The Bertz CT molecular complexity index is 508. The average molecular weight is 251 g/mol. The maximum absolute atomic E-state index is 5.85. The zero-order chi connectivity index (χ0) is 12.3. The number of para-hydroxylation sites is 1. The minimum absolute atomic E-state index is 0.459. The fourth-order valence-electron chi connectivity index (χ4n) is 1.71. The van der Waals surface area contributed by atoms with Gasteiger partial charge in [-0.2, -0.15) is 5.10 Å². The third-order valence-electron chi connectivity index (χ3n) is 2.59. The van der Waals surface area contributed by atoms with Crippen molar-refractivity contribution < 1.29 is 4.74 Å². The molecule has 0 saturated heterocycles. The monoisotopic (exact) mass is 250 g/mol. The first-order chi connectivity index (χ1) is 8.20. The molecule has 0 fully saturated rings. The molecule has 0 atom stereocenters. The van der Waals surface area contributed by atoms with Crippen molar-refractivity contribution in [1.82, 2.24) is 9.78 Å². The fourth-order valence-corrected chi connectivity index (χ4v) is 1.93. The number of hydrogen-bond donors (Lipinski definition) is 0. The molecule has 17 heavy (non-hydrogen) atoms. The van der Waals surface area contributed by atoms with Gasteiger partial charge in [0.25, 0.3) is 0 Å². The summed E-state index contributed by atoms with van der Waals surface area (Å²) in [5, 5.41) is 4.28. The minimum Gasteiger partial charge on any atom is -0.487 e. The first-order valence-electron chi connectivity index (χ1n) is 5.47. The van der Waals surface area contributed by atoms with Crippen molar-refractivity contribution in [1.29, 1.82) is 0 Å². The molecule has 0 spiro atoms. The number of aromatic nitrogens is 2. The number of rotatable bonds is 4. The van der Waals surface area contributed by atoms with Crippen molar-refractivity contribution in [2.45, 2.75) is 19.4 Å². The van der Waals surface area contributed by atoms with E-state index in [0.717, 1.165) is 22.7 Å². The normalized spacial score (nSPS) is 10.5. The van der Waals surface area contributed by atoms with Gasteiger partial charge in [-0.1, -0.05) is 18.2 Å². The summed E-state index contributed by atoms with van der Waals surface area (Å²) in [6, 6.07) is 9.82. The number of hydrogen-bond acceptors (Lipinski definition) is 2. The maximum atomic E-state index is 5.85. The highest BCUT2D eigenvalue weighted by Gasteiger charge is 2.05. The highest BCUT2D eigenvalue weighted by Crippen LogP contribution is 2.20. The highest BCUT2D eigenvalue weighted by atomic mass is 35.5. The molecule has 0 saturated carbocycles. The van der Waals surface area contributed by atoms with Gasteiger partial charge < -0.3 is 4.74 Å². The van der Waals surface area contributed by atoms with Gasteiger partial charge in [-0.15, -0.1) is 11.6 Å². The molecular weight excluding hydrogens is 236 g/mol. The number of nitrogens with zero attached hydrogens (tertiary/aromatic N) is 2.